The maximum absolute atomic E-state index is 12.4. The van der Waals surface area contributed by atoms with Gasteiger partial charge in [0, 0.05) is 38.0 Å². The Kier molecular flexibility index (Phi) is 7.26. The van der Waals surface area contributed by atoms with Gasteiger partial charge in [-0.25, -0.2) is 12.7 Å². The van der Waals surface area contributed by atoms with Crippen molar-refractivity contribution in [2.75, 3.05) is 19.4 Å². The first-order valence-electron chi connectivity index (χ1n) is 9.18. The smallest absolute Gasteiger partial charge is 0.248 e. The zero-order valence-electron chi connectivity index (χ0n) is 17.5. The first-order chi connectivity index (χ1) is 13.4. The number of carbonyl (C=O) groups excluding carboxylic acids is 1. The molecule has 0 aliphatic carbocycles. The number of sulfonamides is 1. The third kappa shape index (κ3) is 5.46. The topological polar surface area (TPSA) is 84.3 Å². The molecule has 1 amide bonds. The molecule has 158 valence electrons. The van der Waals surface area contributed by atoms with E-state index < -0.39 is 10.0 Å². The van der Waals surface area contributed by atoms with Crippen molar-refractivity contribution in [3.05, 3.63) is 46.2 Å². The lowest BCUT2D eigenvalue weighted by Crippen LogP contribution is -2.22. The Morgan fingerprint density at radius 2 is 1.97 bits per heavy atom. The average molecular weight is 439 g/mol. The Labute approximate surface area is 177 Å². The molecule has 2 rings (SSSR count). The first kappa shape index (κ1) is 23.1. The summed E-state index contributed by atoms with van der Waals surface area (Å²) in [7, 11) is -0.670. The molecule has 1 aromatic carbocycles. The Balaban J connectivity index is 2.23. The molecule has 0 radical (unpaired) electrons. The molecule has 9 heteroatoms. The highest BCUT2D eigenvalue weighted by molar-refractivity contribution is 7.89. The van der Waals surface area contributed by atoms with Crippen LogP contribution >= 0.6 is 11.6 Å². The zero-order chi connectivity index (χ0) is 21.9. The fourth-order valence-electron chi connectivity index (χ4n) is 2.66. The lowest BCUT2D eigenvalue weighted by Gasteiger charge is -2.14. The SMILES string of the molecule is Cc1ccc(S(=O)(=O)N(C)C)cc1NC(=O)/C=C/c1c(C)nn(CC(C)C)c1Cl. The molecule has 0 saturated heterocycles. The standard InChI is InChI=1S/C20H27ClN4O3S/c1-13(2)12-25-20(21)17(15(4)23-25)9-10-19(26)22-18-11-16(8-7-14(18)3)29(27,28)24(5)6/h7-11,13H,12H2,1-6H3,(H,22,26)/b10-9+. The molecule has 0 aliphatic heterocycles. The maximum Gasteiger partial charge on any atom is 0.248 e. The predicted octanol–water partition coefficient (Wildman–Crippen LogP) is 3.71. The first-order valence-corrected chi connectivity index (χ1v) is 11.0. The Hall–Kier alpha value is -2.16. The van der Waals surface area contributed by atoms with Gasteiger partial charge in [-0.2, -0.15) is 5.10 Å². The monoisotopic (exact) mass is 438 g/mol. The van der Waals surface area contributed by atoms with Crippen LogP contribution in [-0.2, 0) is 21.4 Å². The summed E-state index contributed by atoms with van der Waals surface area (Å²) in [5, 5.41) is 7.62. The van der Waals surface area contributed by atoms with Crippen molar-refractivity contribution in [1.29, 1.82) is 0 Å². The van der Waals surface area contributed by atoms with E-state index in [2.05, 4.69) is 24.3 Å². The average Bonchev–Trinajstić information content (AvgIpc) is 2.87. The van der Waals surface area contributed by atoms with Crippen LogP contribution in [0.5, 0.6) is 0 Å². The normalized spacial score (nSPS) is 12.3. The van der Waals surface area contributed by atoms with Crippen LogP contribution in [0.15, 0.2) is 29.2 Å². The quantitative estimate of drug-likeness (QED) is 0.668. The van der Waals surface area contributed by atoms with Gasteiger partial charge in [-0.15, -0.1) is 0 Å². The van der Waals surface area contributed by atoms with Crippen LogP contribution in [0.25, 0.3) is 6.08 Å². The number of carbonyl (C=O) groups is 1. The highest BCUT2D eigenvalue weighted by Crippen LogP contribution is 2.24. The van der Waals surface area contributed by atoms with Crippen molar-refractivity contribution >= 4 is 39.3 Å². The zero-order valence-corrected chi connectivity index (χ0v) is 19.1. The number of hydrogen-bond acceptors (Lipinski definition) is 4. The summed E-state index contributed by atoms with van der Waals surface area (Å²) in [6.45, 7) is 8.46. The molecule has 0 unspecified atom stereocenters. The summed E-state index contributed by atoms with van der Waals surface area (Å²) in [5.74, 6) is 0.000187. The van der Waals surface area contributed by atoms with Gasteiger partial charge in [0.1, 0.15) is 5.15 Å². The van der Waals surface area contributed by atoms with Crippen LogP contribution in [0.3, 0.4) is 0 Å². The molecule has 0 atom stereocenters. The van der Waals surface area contributed by atoms with Crippen molar-refractivity contribution < 1.29 is 13.2 Å². The molecular weight excluding hydrogens is 412 g/mol. The van der Waals surface area contributed by atoms with Gasteiger partial charge in [-0.3, -0.25) is 9.48 Å². The summed E-state index contributed by atoms with van der Waals surface area (Å²) in [5.41, 5.74) is 2.60. The molecule has 1 aromatic heterocycles. The minimum atomic E-state index is -3.59. The van der Waals surface area contributed by atoms with Crippen LogP contribution in [0.1, 0.15) is 30.7 Å². The highest BCUT2D eigenvalue weighted by Gasteiger charge is 2.18. The van der Waals surface area contributed by atoms with Gasteiger partial charge < -0.3 is 5.32 Å². The molecule has 0 spiro atoms. The number of rotatable bonds is 7. The number of amides is 1. The number of benzene rings is 1. The van der Waals surface area contributed by atoms with Gasteiger partial charge in [0.25, 0.3) is 0 Å². The molecule has 7 nitrogen and oxygen atoms in total. The number of halogens is 1. The van der Waals surface area contributed by atoms with Crippen molar-refractivity contribution in [2.24, 2.45) is 5.92 Å². The second-order valence-electron chi connectivity index (χ2n) is 7.45. The fraction of sp³-hybridized carbons (Fsp3) is 0.400. The van der Waals surface area contributed by atoms with E-state index in [4.69, 9.17) is 11.6 Å². The van der Waals surface area contributed by atoms with Gasteiger partial charge in [0.2, 0.25) is 15.9 Å². The van der Waals surface area contributed by atoms with E-state index >= 15 is 0 Å². The van der Waals surface area contributed by atoms with E-state index in [9.17, 15) is 13.2 Å². The summed E-state index contributed by atoms with van der Waals surface area (Å²) >= 11 is 6.39. The Bertz CT molecular complexity index is 1040. The Morgan fingerprint density at radius 3 is 2.55 bits per heavy atom. The number of aryl methyl sites for hydroxylation is 2. The third-order valence-electron chi connectivity index (χ3n) is 4.29. The number of aromatic nitrogens is 2. The van der Waals surface area contributed by atoms with Gasteiger partial charge in [0.05, 0.1) is 10.6 Å². The van der Waals surface area contributed by atoms with Gasteiger partial charge >= 0.3 is 0 Å². The number of nitrogens with one attached hydrogen (secondary N) is 1. The molecule has 29 heavy (non-hydrogen) atoms. The second kappa shape index (κ2) is 9.11. The molecule has 1 heterocycles. The predicted molar refractivity (Wildman–Crippen MR) is 117 cm³/mol. The van der Waals surface area contributed by atoms with E-state index in [0.717, 1.165) is 15.6 Å². The van der Waals surface area contributed by atoms with Crippen LogP contribution in [0, 0.1) is 19.8 Å². The minimum Gasteiger partial charge on any atom is -0.322 e. The summed E-state index contributed by atoms with van der Waals surface area (Å²) in [6.07, 6.45) is 2.98. The highest BCUT2D eigenvalue weighted by atomic mass is 35.5. The van der Waals surface area contributed by atoms with E-state index in [1.807, 2.05) is 6.92 Å². The van der Waals surface area contributed by atoms with E-state index in [0.29, 0.717) is 28.9 Å². The molecule has 1 N–H and O–H groups in total. The minimum absolute atomic E-state index is 0.112. The van der Waals surface area contributed by atoms with E-state index in [1.54, 1.807) is 23.7 Å². The fourth-order valence-corrected chi connectivity index (χ4v) is 3.90. The summed E-state index contributed by atoms with van der Waals surface area (Å²) in [4.78, 5) is 12.5. The molecule has 0 aliphatic rings. The van der Waals surface area contributed by atoms with Crippen molar-refractivity contribution in [3.8, 4) is 0 Å². The van der Waals surface area contributed by atoms with Crippen LogP contribution < -0.4 is 5.32 Å². The van der Waals surface area contributed by atoms with Crippen LogP contribution in [0.2, 0.25) is 5.15 Å². The lowest BCUT2D eigenvalue weighted by atomic mass is 10.2. The van der Waals surface area contributed by atoms with Crippen molar-refractivity contribution in [2.45, 2.75) is 39.1 Å². The van der Waals surface area contributed by atoms with Gasteiger partial charge in [0.15, 0.2) is 0 Å². The van der Waals surface area contributed by atoms with Crippen LogP contribution in [-0.4, -0.2) is 42.5 Å². The number of nitrogens with zero attached hydrogens (tertiary/aromatic N) is 3. The third-order valence-corrected chi connectivity index (χ3v) is 6.50. The van der Waals surface area contributed by atoms with Gasteiger partial charge in [-0.1, -0.05) is 31.5 Å². The second-order valence-corrected chi connectivity index (χ2v) is 9.96. The van der Waals surface area contributed by atoms with E-state index in [-0.39, 0.29) is 10.8 Å². The lowest BCUT2D eigenvalue weighted by molar-refractivity contribution is -0.111. The maximum atomic E-state index is 12.4. The molecule has 0 fully saturated rings. The molecule has 0 saturated carbocycles. The number of hydrogen-bond donors (Lipinski definition) is 1. The number of anilines is 1. The molecule has 2 aromatic rings. The van der Waals surface area contributed by atoms with E-state index in [1.165, 1.54) is 32.3 Å². The van der Waals surface area contributed by atoms with Gasteiger partial charge in [-0.05, 0) is 43.5 Å². The Morgan fingerprint density at radius 1 is 1.31 bits per heavy atom. The molecular formula is C20H27ClN4O3S. The largest absolute Gasteiger partial charge is 0.322 e. The summed E-state index contributed by atoms with van der Waals surface area (Å²) < 4.78 is 27.5. The van der Waals surface area contributed by atoms with Crippen molar-refractivity contribution in [3.63, 3.8) is 0 Å². The summed E-state index contributed by atoms with van der Waals surface area (Å²) in [6, 6.07) is 4.63. The van der Waals surface area contributed by atoms with Crippen LogP contribution in [0.4, 0.5) is 5.69 Å². The molecule has 0 bridgehead atoms. The van der Waals surface area contributed by atoms with Crippen molar-refractivity contribution in [1.82, 2.24) is 14.1 Å².